The molecule has 1 aromatic heterocycles. The molecule has 132 valence electrons. The van der Waals surface area contributed by atoms with E-state index in [1.807, 2.05) is 0 Å². The maximum atomic E-state index is 12.2. The molecule has 2 N–H and O–H groups in total. The molecule has 3 rings (SSSR count). The van der Waals surface area contributed by atoms with Gasteiger partial charge in [-0.2, -0.15) is 0 Å². The molecule has 1 saturated heterocycles. The predicted molar refractivity (Wildman–Crippen MR) is 88.0 cm³/mol. The van der Waals surface area contributed by atoms with Crippen molar-refractivity contribution in [3.63, 3.8) is 0 Å². The number of fused-ring (bicyclic) bond motifs is 1. The molecule has 1 aliphatic rings. The van der Waals surface area contributed by atoms with E-state index in [1.54, 1.807) is 0 Å². The summed E-state index contributed by atoms with van der Waals surface area (Å²) in [6.45, 7) is 0.230. The Morgan fingerprint density at radius 2 is 2.12 bits per heavy atom. The van der Waals surface area contributed by atoms with Gasteiger partial charge < -0.3 is 4.42 Å². The first-order valence-corrected chi connectivity index (χ1v) is 10.9. The molecule has 0 radical (unpaired) electrons. The van der Waals surface area contributed by atoms with E-state index >= 15 is 0 Å². The lowest BCUT2D eigenvalue weighted by atomic mass is 10.0. The zero-order chi connectivity index (χ0) is 17.4. The molecular weight excluding hydrogens is 356 g/mol. The molecule has 0 bridgehead atoms. The van der Waals surface area contributed by atoms with Crippen molar-refractivity contribution in [1.29, 1.82) is 0 Å². The minimum Gasteiger partial charge on any atom is -0.408 e. The van der Waals surface area contributed by atoms with E-state index in [4.69, 9.17) is 4.42 Å². The number of sulfone groups is 1. The van der Waals surface area contributed by atoms with Gasteiger partial charge in [-0.25, -0.2) is 26.4 Å². The van der Waals surface area contributed by atoms with Crippen LogP contribution in [0.15, 0.2) is 32.3 Å². The average molecular weight is 374 g/mol. The molecule has 0 spiro atoms. The molecule has 1 unspecified atom stereocenters. The van der Waals surface area contributed by atoms with Crippen LogP contribution in [0.1, 0.15) is 19.3 Å². The normalized spacial score (nSPS) is 20.6. The van der Waals surface area contributed by atoms with Gasteiger partial charge in [0, 0.05) is 12.6 Å². The average Bonchev–Trinajstić information content (AvgIpc) is 3.03. The number of sulfonamides is 1. The Kier molecular flexibility index (Phi) is 4.54. The van der Waals surface area contributed by atoms with Crippen molar-refractivity contribution in [1.82, 2.24) is 9.71 Å². The molecule has 0 aliphatic carbocycles. The Labute approximate surface area is 139 Å². The van der Waals surface area contributed by atoms with Crippen molar-refractivity contribution >= 4 is 31.0 Å². The number of aromatic nitrogens is 1. The fraction of sp³-hybridized carbons (Fsp3) is 0.500. The lowest BCUT2D eigenvalue weighted by Crippen LogP contribution is -2.25. The summed E-state index contributed by atoms with van der Waals surface area (Å²) in [6.07, 6.45) is 1.90. The van der Waals surface area contributed by atoms with Gasteiger partial charge in [-0.15, -0.1) is 0 Å². The Morgan fingerprint density at radius 1 is 1.33 bits per heavy atom. The minimum atomic E-state index is -3.71. The highest BCUT2D eigenvalue weighted by molar-refractivity contribution is 7.91. The lowest BCUT2D eigenvalue weighted by molar-refractivity contribution is 0.512. The number of rotatable bonds is 6. The number of aromatic amines is 1. The van der Waals surface area contributed by atoms with Crippen LogP contribution in [0.4, 0.5) is 0 Å². The third-order valence-electron chi connectivity index (χ3n) is 4.11. The summed E-state index contributed by atoms with van der Waals surface area (Å²) in [5.74, 6) is -0.0993. The number of hydrogen-bond donors (Lipinski definition) is 2. The van der Waals surface area contributed by atoms with E-state index in [0.717, 1.165) is 0 Å². The molecule has 1 fully saturated rings. The highest BCUT2D eigenvalue weighted by Crippen LogP contribution is 2.22. The van der Waals surface area contributed by atoms with E-state index < -0.39 is 25.6 Å². The summed E-state index contributed by atoms with van der Waals surface area (Å²) in [5, 5.41) is 0. The molecule has 2 aromatic rings. The van der Waals surface area contributed by atoms with Crippen LogP contribution in [0.5, 0.6) is 0 Å². The number of benzene rings is 1. The van der Waals surface area contributed by atoms with Gasteiger partial charge in [0.1, 0.15) is 0 Å². The van der Waals surface area contributed by atoms with Crippen LogP contribution in [0.25, 0.3) is 11.1 Å². The first-order chi connectivity index (χ1) is 11.3. The molecular formula is C14H18N2O6S2. The number of oxazole rings is 1. The van der Waals surface area contributed by atoms with Crippen molar-refractivity contribution in [3.05, 3.63) is 28.7 Å². The second kappa shape index (κ2) is 6.34. The fourth-order valence-electron chi connectivity index (χ4n) is 2.87. The van der Waals surface area contributed by atoms with Gasteiger partial charge in [-0.05, 0) is 37.3 Å². The number of hydrogen-bond acceptors (Lipinski definition) is 6. The topological polar surface area (TPSA) is 126 Å². The zero-order valence-corrected chi connectivity index (χ0v) is 14.5. The van der Waals surface area contributed by atoms with Gasteiger partial charge in [0.05, 0.1) is 21.9 Å². The summed E-state index contributed by atoms with van der Waals surface area (Å²) >= 11 is 0. The van der Waals surface area contributed by atoms with E-state index in [9.17, 15) is 21.6 Å². The quantitative estimate of drug-likeness (QED) is 0.714. The Bertz CT molecular complexity index is 1000. The van der Waals surface area contributed by atoms with Crippen LogP contribution in [-0.2, 0) is 19.9 Å². The van der Waals surface area contributed by atoms with Crippen LogP contribution in [-0.4, -0.2) is 39.9 Å². The molecule has 1 aromatic carbocycles. The number of H-pyrrole nitrogens is 1. The maximum absolute atomic E-state index is 12.2. The van der Waals surface area contributed by atoms with E-state index in [0.29, 0.717) is 24.8 Å². The molecule has 2 heterocycles. The third-order valence-corrected chi connectivity index (χ3v) is 7.41. The van der Waals surface area contributed by atoms with E-state index in [-0.39, 0.29) is 34.4 Å². The Hall–Kier alpha value is -1.65. The minimum absolute atomic E-state index is 0.0150. The third kappa shape index (κ3) is 3.87. The van der Waals surface area contributed by atoms with Gasteiger partial charge in [0.15, 0.2) is 15.4 Å². The van der Waals surface area contributed by atoms with Crippen LogP contribution in [0.3, 0.4) is 0 Å². The lowest BCUT2D eigenvalue weighted by Gasteiger charge is -2.09. The standard InChI is InChI=1S/C14H18N2O6S2/c17-14-16-12-4-3-11(8-13(12)22-14)24(20,21)15-6-1-2-10-5-7-23(18,19)9-10/h3-4,8,10,15H,1-2,5-7,9H2,(H,16,17). The second-order valence-electron chi connectivity index (χ2n) is 5.98. The van der Waals surface area contributed by atoms with Crippen molar-refractivity contribution < 1.29 is 21.3 Å². The molecule has 24 heavy (non-hydrogen) atoms. The Balaban J connectivity index is 1.58. The molecule has 1 aliphatic heterocycles. The van der Waals surface area contributed by atoms with Crippen molar-refractivity contribution in [2.75, 3.05) is 18.1 Å². The SMILES string of the molecule is O=c1[nH]c2ccc(S(=O)(=O)NCCCC3CCS(=O)(=O)C3)cc2o1. The molecule has 1 atom stereocenters. The van der Waals surface area contributed by atoms with Gasteiger partial charge in [-0.1, -0.05) is 0 Å². The summed E-state index contributed by atoms with van der Waals surface area (Å²) in [4.78, 5) is 13.6. The smallest absolute Gasteiger partial charge is 0.408 e. The molecule has 0 saturated carbocycles. The first-order valence-electron chi connectivity index (χ1n) is 7.58. The second-order valence-corrected chi connectivity index (χ2v) is 9.98. The molecule has 8 nitrogen and oxygen atoms in total. The maximum Gasteiger partial charge on any atom is 0.417 e. The van der Waals surface area contributed by atoms with Gasteiger partial charge in [-0.3, -0.25) is 4.98 Å². The first kappa shape index (κ1) is 17.2. The fourth-order valence-corrected chi connectivity index (χ4v) is 5.87. The van der Waals surface area contributed by atoms with Crippen LogP contribution < -0.4 is 10.5 Å². The summed E-state index contributed by atoms with van der Waals surface area (Å²) in [7, 11) is -6.61. The highest BCUT2D eigenvalue weighted by Gasteiger charge is 2.27. The predicted octanol–water partition coefficient (Wildman–Crippen LogP) is 0.614. The van der Waals surface area contributed by atoms with E-state index in [2.05, 4.69) is 9.71 Å². The van der Waals surface area contributed by atoms with Crippen LogP contribution >= 0.6 is 0 Å². The van der Waals surface area contributed by atoms with Crippen molar-refractivity contribution in [2.24, 2.45) is 5.92 Å². The largest absolute Gasteiger partial charge is 0.417 e. The number of nitrogens with one attached hydrogen (secondary N) is 2. The van der Waals surface area contributed by atoms with E-state index in [1.165, 1.54) is 18.2 Å². The van der Waals surface area contributed by atoms with Gasteiger partial charge in [0.25, 0.3) is 0 Å². The summed E-state index contributed by atoms with van der Waals surface area (Å²) in [5.41, 5.74) is 0.612. The summed E-state index contributed by atoms with van der Waals surface area (Å²) in [6, 6.07) is 4.15. The summed E-state index contributed by atoms with van der Waals surface area (Å²) < 4.78 is 54.6. The monoisotopic (exact) mass is 374 g/mol. The van der Waals surface area contributed by atoms with Crippen LogP contribution in [0, 0.1) is 5.92 Å². The molecule has 10 heteroatoms. The van der Waals surface area contributed by atoms with Crippen LogP contribution in [0.2, 0.25) is 0 Å². The zero-order valence-electron chi connectivity index (χ0n) is 12.8. The van der Waals surface area contributed by atoms with Crippen molar-refractivity contribution in [2.45, 2.75) is 24.2 Å². The van der Waals surface area contributed by atoms with Crippen molar-refractivity contribution in [3.8, 4) is 0 Å². The van der Waals surface area contributed by atoms with Gasteiger partial charge in [0.2, 0.25) is 10.0 Å². The highest BCUT2D eigenvalue weighted by atomic mass is 32.2. The Morgan fingerprint density at radius 3 is 2.83 bits per heavy atom. The molecule has 0 amide bonds. The van der Waals surface area contributed by atoms with Gasteiger partial charge >= 0.3 is 5.76 Å².